The first kappa shape index (κ1) is 33.0. The topological polar surface area (TPSA) is 90.9 Å². The van der Waals surface area contributed by atoms with Crippen LogP contribution in [0.3, 0.4) is 0 Å². The van der Waals surface area contributed by atoms with Gasteiger partial charge in [-0.05, 0) is 68.7 Å². The molecule has 10 heteroatoms. The fourth-order valence-electron chi connectivity index (χ4n) is 2.35. The van der Waals surface area contributed by atoms with Crippen LogP contribution in [0.4, 0.5) is 4.79 Å². The van der Waals surface area contributed by atoms with E-state index in [4.69, 9.17) is 14.2 Å². The van der Waals surface area contributed by atoms with Crippen molar-refractivity contribution in [1.82, 2.24) is 5.32 Å². The van der Waals surface area contributed by atoms with Crippen molar-refractivity contribution in [3.63, 3.8) is 0 Å². The molecule has 0 heterocycles. The van der Waals surface area contributed by atoms with Crippen LogP contribution in [0.5, 0.6) is 0 Å². The van der Waals surface area contributed by atoms with Gasteiger partial charge in [-0.15, -0.1) is 11.8 Å². The van der Waals surface area contributed by atoms with E-state index < -0.39 is 34.9 Å². The van der Waals surface area contributed by atoms with Gasteiger partial charge < -0.3 is 36.4 Å². The summed E-state index contributed by atoms with van der Waals surface area (Å²) in [6.07, 6.45) is -0.278. The summed E-state index contributed by atoms with van der Waals surface area (Å²) in [5.41, 5.74) is -1.84. The third-order valence-corrected chi connectivity index (χ3v) is 4.76. The van der Waals surface area contributed by atoms with Gasteiger partial charge in [0.2, 0.25) is 0 Å². The molecule has 0 radical (unpaired) electrons. The zero-order valence-corrected chi connectivity index (χ0v) is 23.2. The van der Waals surface area contributed by atoms with Crippen LogP contribution in [0.15, 0.2) is 0 Å². The number of thioether (sulfide) groups is 1. The molecule has 1 amide bonds. The highest BCUT2D eigenvalue weighted by atomic mass is 35.5. The average molecular weight is 499 g/mol. The Kier molecular flexibility index (Phi) is 13.3. The first-order valence-electron chi connectivity index (χ1n) is 10.5. The van der Waals surface area contributed by atoms with Crippen molar-refractivity contribution < 1.29 is 45.5 Å². The van der Waals surface area contributed by atoms with Crippen molar-refractivity contribution >= 4 is 29.8 Å². The van der Waals surface area contributed by atoms with Crippen LogP contribution in [-0.4, -0.2) is 77.6 Å². The minimum Gasteiger partial charge on any atom is -1.00 e. The van der Waals surface area contributed by atoms with E-state index in [-0.39, 0.29) is 24.9 Å². The van der Waals surface area contributed by atoms with Crippen molar-refractivity contribution in [1.29, 1.82) is 0 Å². The SMILES string of the molecule is CC(C)(C)OC(=O)C[N+](C)(C)CSCCC(NC(=O)OC(C)(C)C)C(=O)OC(C)(C)C.[Cl-]. The van der Waals surface area contributed by atoms with Gasteiger partial charge in [0.15, 0.2) is 6.54 Å². The molecule has 1 unspecified atom stereocenters. The number of amides is 1. The van der Waals surface area contributed by atoms with E-state index in [0.717, 1.165) is 0 Å². The lowest BCUT2D eigenvalue weighted by Gasteiger charge is -2.30. The Hall–Kier alpha value is -1.19. The van der Waals surface area contributed by atoms with E-state index in [1.54, 1.807) is 53.3 Å². The highest BCUT2D eigenvalue weighted by Crippen LogP contribution is 2.16. The molecule has 0 fully saturated rings. The van der Waals surface area contributed by atoms with Crippen LogP contribution in [0.25, 0.3) is 0 Å². The van der Waals surface area contributed by atoms with Gasteiger partial charge in [0.05, 0.1) is 14.1 Å². The Bertz CT molecular complexity index is 621. The molecule has 0 aliphatic carbocycles. The third-order valence-electron chi connectivity index (χ3n) is 3.35. The number of rotatable bonds is 9. The summed E-state index contributed by atoms with van der Waals surface area (Å²) < 4.78 is 16.6. The van der Waals surface area contributed by atoms with E-state index >= 15 is 0 Å². The van der Waals surface area contributed by atoms with Crippen molar-refractivity contribution in [2.24, 2.45) is 0 Å². The molecule has 190 valence electrons. The standard InChI is InChI=1S/C22H42N2O6S.ClH/c1-20(2,3)28-17(25)14-24(10,11)15-31-13-12-16(18(26)29-21(4,5)6)23-19(27)30-22(7,8)9;/h16H,12-15H2,1-11H3;1H. The average Bonchev–Trinajstić information content (AvgIpc) is 2.43. The molecular formula is C22H43ClN2O6S. The number of alkyl carbamates (subject to hydrolysis) is 1. The maximum Gasteiger partial charge on any atom is 0.408 e. The second-order valence-electron chi connectivity index (χ2n) is 11.2. The van der Waals surface area contributed by atoms with E-state index in [1.165, 1.54) is 0 Å². The van der Waals surface area contributed by atoms with Gasteiger partial charge in [-0.2, -0.15) is 0 Å². The molecule has 0 bridgehead atoms. The first-order valence-corrected chi connectivity index (χ1v) is 11.7. The van der Waals surface area contributed by atoms with Crippen LogP contribution < -0.4 is 17.7 Å². The predicted octanol–water partition coefficient (Wildman–Crippen LogP) is 0.724. The summed E-state index contributed by atoms with van der Waals surface area (Å²) in [5.74, 6) is 0.486. The molecule has 0 aromatic carbocycles. The number of likely N-dealkylation sites (N-methyl/N-ethyl adjacent to an activating group) is 1. The van der Waals surface area contributed by atoms with Gasteiger partial charge in [0, 0.05) is 5.75 Å². The van der Waals surface area contributed by atoms with Crippen LogP contribution in [0.1, 0.15) is 68.7 Å². The molecule has 0 saturated carbocycles. The molecular weight excluding hydrogens is 456 g/mol. The van der Waals surface area contributed by atoms with Gasteiger partial charge in [-0.3, -0.25) is 0 Å². The number of hydrogen-bond acceptors (Lipinski definition) is 7. The molecule has 0 saturated heterocycles. The maximum atomic E-state index is 12.6. The molecule has 32 heavy (non-hydrogen) atoms. The van der Waals surface area contributed by atoms with Crippen LogP contribution in [0.2, 0.25) is 0 Å². The molecule has 1 atom stereocenters. The summed E-state index contributed by atoms with van der Waals surface area (Å²) in [6.45, 7) is 16.4. The van der Waals surface area contributed by atoms with Crippen molar-refractivity contribution in [2.75, 3.05) is 32.3 Å². The normalized spacial score (nSPS) is 13.5. The zero-order chi connectivity index (χ0) is 24.7. The lowest BCUT2D eigenvalue weighted by atomic mass is 10.1. The monoisotopic (exact) mass is 498 g/mol. The van der Waals surface area contributed by atoms with Crippen LogP contribution in [0, 0.1) is 0 Å². The van der Waals surface area contributed by atoms with Crippen LogP contribution in [-0.2, 0) is 23.8 Å². The minimum absolute atomic E-state index is 0. The first-order chi connectivity index (χ1) is 13.7. The number of ether oxygens (including phenoxy) is 3. The smallest absolute Gasteiger partial charge is 0.408 e. The second-order valence-corrected chi connectivity index (χ2v) is 12.3. The number of nitrogens with one attached hydrogen (secondary N) is 1. The van der Waals surface area contributed by atoms with Gasteiger partial charge in [-0.1, -0.05) is 0 Å². The molecule has 0 aromatic heterocycles. The van der Waals surface area contributed by atoms with E-state index in [0.29, 0.717) is 22.5 Å². The largest absolute Gasteiger partial charge is 1.00 e. The van der Waals surface area contributed by atoms with Gasteiger partial charge in [0.25, 0.3) is 0 Å². The van der Waals surface area contributed by atoms with Crippen LogP contribution >= 0.6 is 11.8 Å². The number of nitrogens with zero attached hydrogens (tertiary/aromatic N) is 1. The van der Waals surface area contributed by atoms with Crippen molar-refractivity contribution in [3.05, 3.63) is 0 Å². The number of hydrogen-bond donors (Lipinski definition) is 1. The quantitative estimate of drug-likeness (QED) is 0.165. The summed E-state index contributed by atoms with van der Waals surface area (Å²) >= 11 is 1.59. The van der Waals surface area contributed by atoms with Gasteiger partial charge in [-0.25, -0.2) is 14.4 Å². The fraction of sp³-hybridized carbons (Fsp3) is 0.864. The minimum atomic E-state index is -0.817. The Labute approximate surface area is 204 Å². The lowest BCUT2D eigenvalue weighted by molar-refractivity contribution is -0.870. The Morgan fingerprint density at radius 2 is 1.31 bits per heavy atom. The number of carbonyl (C=O) groups is 3. The molecule has 0 aromatic rings. The lowest BCUT2D eigenvalue weighted by Crippen LogP contribution is -3.00. The second kappa shape index (κ2) is 12.9. The predicted molar refractivity (Wildman–Crippen MR) is 124 cm³/mol. The highest BCUT2D eigenvalue weighted by molar-refractivity contribution is 7.99. The summed E-state index contributed by atoms with van der Waals surface area (Å²) in [5, 5.41) is 2.62. The maximum absolute atomic E-state index is 12.6. The Morgan fingerprint density at radius 1 is 0.844 bits per heavy atom. The number of quaternary nitrogens is 1. The Morgan fingerprint density at radius 3 is 1.75 bits per heavy atom. The number of esters is 2. The van der Waals surface area contributed by atoms with Crippen molar-refractivity contribution in [3.8, 4) is 0 Å². The molecule has 0 rings (SSSR count). The Balaban J connectivity index is 0. The molecule has 0 aliphatic heterocycles. The molecule has 8 nitrogen and oxygen atoms in total. The third kappa shape index (κ3) is 18.4. The van der Waals surface area contributed by atoms with Gasteiger partial charge in [0.1, 0.15) is 28.7 Å². The number of carbonyl (C=O) groups excluding carboxylic acids is 3. The summed E-state index contributed by atoms with van der Waals surface area (Å²) in [6, 6.07) is -0.817. The van der Waals surface area contributed by atoms with Crippen molar-refractivity contribution in [2.45, 2.75) is 91.6 Å². The van der Waals surface area contributed by atoms with E-state index in [9.17, 15) is 14.4 Å². The van der Waals surface area contributed by atoms with E-state index in [1.807, 2.05) is 34.9 Å². The highest BCUT2D eigenvalue weighted by Gasteiger charge is 2.29. The summed E-state index contributed by atoms with van der Waals surface area (Å²) in [4.78, 5) is 36.8. The molecule has 1 N–H and O–H groups in total. The fourth-order valence-corrected chi connectivity index (χ4v) is 3.47. The summed E-state index contributed by atoms with van der Waals surface area (Å²) in [7, 11) is 3.89. The van der Waals surface area contributed by atoms with E-state index in [2.05, 4.69) is 5.32 Å². The molecule has 0 aliphatic rings. The number of halogens is 1. The van der Waals surface area contributed by atoms with Gasteiger partial charge >= 0.3 is 18.0 Å². The zero-order valence-electron chi connectivity index (χ0n) is 21.6. The molecule has 0 spiro atoms.